The van der Waals surface area contributed by atoms with Crippen LogP contribution in [0.1, 0.15) is 41.7 Å². The minimum absolute atomic E-state index is 0.0142. The lowest BCUT2D eigenvalue weighted by atomic mass is 10.1. The molecule has 2 aromatic heterocycles. The molecular formula is C20H23N3OS2. The van der Waals surface area contributed by atoms with Crippen LogP contribution in [0.2, 0.25) is 0 Å². The van der Waals surface area contributed by atoms with E-state index in [0.29, 0.717) is 0 Å². The molecule has 26 heavy (non-hydrogen) atoms. The second-order valence-corrected chi connectivity index (χ2v) is 8.97. The van der Waals surface area contributed by atoms with E-state index < -0.39 is 0 Å². The number of aromatic nitrogens is 2. The minimum atomic E-state index is -0.238. The van der Waals surface area contributed by atoms with E-state index in [-0.39, 0.29) is 17.2 Å². The largest absolute Gasteiger partial charge is 0.349 e. The lowest BCUT2D eigenvalue weighted by Crippen LogP contribution is -2.33. The van der Waals surface area contributed by atoms with E-state index in [0.717, 1.165) is 26.6 Å². The van der Waals surface area contributed by atoms with Gasteiger partial charge in [-0.15, -0.1) is 11.3 Å². The number of nitrogens with one attached hydrogen (secondary N) is 1. The number of nitrogens with zero attached hydrogens (tertiary/aromatic N) is 2. The molecule has 0 fully saturated rings. The third kappa shape index (κ3) is 3.91. The maximum Gasteiger partial charge on any atom is 0.233 e. The summed E-state index contributed by atoms with van der Waals surface area (Å²) in [5.41, 5.74) is 2.31. The van der Waals surface area contributed by atoms with Gasteiger partial charge in [-0.25, -0.2) is 9.97 Å². The van der Waals surface area contributed by atoms with Crippen molar-refractivity contribution in [3.63, 3.8) is 0 Å². The summed E-state index contributed by atoms with van der Waals surface area (Å²) in [5.74, 6) is 0.756. The zero-order valence-corrected chi connectivity index (χ0v) is 17.3. The highest BCUT2D eigenvalue weighted by atomic mass is 32.2. The van der Waals surface area contributed by atoms with E-state index in [1.54, 1.807) is 11.3 Å². The quantitative estimate of drug-likeness (QED) is 0.497. The molecule has 1 N–H and O–H groups in total. The molecule has 0 saturated carbocycles. The average molecular weight is 386 g/mol. The molecule has 6 heteroatoms. The number of carbonyl (C=O) groups excluding carboxylic acids is 1. The number of amides is 1. The Morgan fingerprint density at radius 1 is 1.12 bits per heavy atom. The molecule has 1 amide bonds. The Balaban J connectivity index is 1.78. The summed E-state index contributed by atoms with van der Waals surface area (Å²) < 4.78 is 0. The lowest BCUT2D eigenvalue weighted by molar-refractivity contribution is -0.120. The number of benzene rings is 1. The van der Waals surface area contributed by atoms with Crippen LogP contribution in [0.5, 0.6) is 0 Å². The predicted octanol–water partition coefficient (Wildman–Crippen LogP) is 4.97. The van der Waals surface area contributed by atoms with Crippen LogP contribution in [0.3, 0.4) is 0 Å². The van der Waals surface area contributed by atoms with Crippen LogP contribution in [0.15, 0.2) is 35.4 Å². The van der Waals surface area contributed by atoms with Crippen molar-refractivity contribution in [1.29, 1.82) is 0 Å². The van der Waals surface area contributed by atoms with Crippen molar-refractivity contribution in [3.8, 4) is 0 Å². The van der Waals surface area contributed by atoms with Crippen LogP contribution >= 0.6 is 23.1 Å². The van der Waals surface area contributed by atoms with Crippen molar-refractivity contribution in [2.45, 2.75) is 50.9 Å². The topological polar surface area (TPSA) is 54.9 Å². The number of carbonyl (C=O) groups is 1. The van der Waals surface area contributed by atoms with Gasteiger partial charge in [0.15, 0.2) is 0 Å². The number of hydrogen-bond donors (Lipinski definition) is 1. The predicted molar refractivity (Wildman–Crippen MR) is 110 cm³/mol. The smallest absolute Gasteiger partial charge is 0.233 e. The third-order valence-electron chi connectivity index (χ3n) is 4.42. The molecule has 3 aromatic rings. The van der Waals surface area contributed by atoms with E-state index in [4.69, 9.17) is 0 Å². The van der Waals surface area contributed by atoms with E-state index in [1.807, 2.05) is 51.1 Å². The summed E-state index contributed by atoms with van der Waals surface area (Å²) in [7, 11) is 0. The van der Waals surface area contributed by atoms with Crippen molar-refractivity contribution >= 4 is 39.2 Å². The number of thiophene rings is 1. The van der Waals surface area contributed by atoms with Crippen LogP contribution in [0.4, 0.5) is 0 Å². The molecule has 0 spiro atoms. The summed E-state index contributed by atoms with van der Waals surface area (Å²) in [5, 5.41) is 4.84. The first-order valence-electron chi connectivity index (χ1n) is 8.63. The Labute approximate surface area is 162 Å². The first kappa shape index (κ1) is 18.9. The molecule has 4 nitrogen and oxygen atoms in total. The number of rotatable bonds is 5. The normalized spacial score (nSPS) is 13.6. The number of fused-ring (bicyclic) bond motifs is 1. The van der Waals surface area contributed by atoms with Gasteiger partial charge in [-0.2, -0.15) is 0 Å². The molecule has 0 aliphatic rings. The van der Waals surface area contributed by atoms with Gasteiger partial charge in [0.25, 0.3) is 0 Å². The van der Waals surface area contributed by atoms with Crippen molar-refractivity contribution in [3.05, 3.63) is 52.2 Å². The van der Waals surface area contributed by atoms with Crippen LogP contribution < -0.4 is 5.32 Å². The standard InChI is InChI=1S/C20H23N3OS2/c1-11-13(3)25-19-17(11)20(23-15(5)22-19)26-14(4)18(24)21-12(2)16-9-7-6-8-10-16/h6-10,12,14H,1-5H3,(H,21,24)/t12-,14-/m1/s1. The van der Waals surface area contributed by atoms with E-state index in [9.17, 15) is 4.79 Å². The van der Waals surface area contributed by atoms with Crippen molar-refractivity contribution in [1.82, 2.24) is 15.3 Å². The fourth-order valence-corrected chi connectivity index (χ4v) is 4.98. The minimum Gasteiger partial charge on any atom is -0.349 e. The lowest BCUT2D eigenvalue weighted by Gasteiger charge is -2.18. The molecule has 0 bridgehead atoms. The van der Waals surface area contributed by atoms with Gasteiger partial charge in [0, 0.05) is 10.3 Å². The first-order valence-corrected chi connectivity index (χ1v) is 10.3. The van der Waals surface area contributed by atoms with Gasteiger partial charge in [0.05, 0.1) is 11.3 Å². The molecule has 0 aliphatic heterocycles. The van der Waals surface area contributed by atoms with Crippen LogP contribution in [-0.2, 0) is 4.79 Å². The maximum atomic E-state index is 12.7. The maximum absolute atomic E-state index is 12.7. The van der Waals surface area contributed by atoms with Crippen molar-refractivity contribution in [2.24, 2.45) is 0 Å². The van der Waals surface area contributed by atoms with E-state index in [2.05, 4.69) is 29.1 Å². The van der Waals surface area contributed by atoms with Gasteiger partial charge in [0.2, 0.25) is 5.91 Å². The highest BCUT2D eigenvalue weighted by Crippen LogP contribution is 2.36. The zero-order valence-electron chi connectivity index (χ0n) is 15.7. The molecule has 1 aromatic carbocycles. The third-order valence-corrected chi connectivity index (χ3v) is 6.61. The van der Waals surface area contributed by atoms with E-state index >= 15 is 0 Å². The molecule has 0 saturated heterocycles. The second-order valence-electron chi connectivity index (χ2n) is 6.44. The average Bonchev–Trinajstić information content (AvgIpc) is 2.89. The molecular weight excluding hydrogens is 362 g/mol. The van der Waals surface area contributed by atoms with Gasteiger partial charge in [-0.3, -0.25) is 4.79 Å². The van der Waals surface area contributed by atoms with Gasteiger partial charge >= 0.3 is 0 Å². The van der Waals surface area contributed by atoms with Crippen LogP contribution in [0, 0.1) is 20.8 Å². The summed E-state index contributed by atoms with van der Waals surface area (Å²) in [4.78, 5) is 24.1. The van der Waals surface area contributed by atoms with Gasteiger partial charge in [-0.05, 0) is 45.7 Å². The summed E-state index contributed by atoms with van der Waals surface area (Å²) in [6, 6.07) is 9.97. The first-order chi connectivity index (χ1) is 12.4. The highest BCUT2D eigenvalue weighted by molar-refractivity contribution is 8.00. The fourth-order valence-electron chi connectivity index (χ4n) is 2.78. The Kier molecular flexibility index (Phi) is 5.63. The van der Waals surface area contributed by atoms with Crippen LogP contribution in [0.25, 0.3) is 10.2 Å². The zero-order chi connectivity index (χ0) is 18.8. The Morgan fingerprint density at radius 3 is 2.50 bits per heavy atom. The van der Waals surface area contributed by atoms with Crippen molar-refractivity contribution < 1.29 is 4.79 Å². The number of hydrogen-bond acceptors (Lipinski definition) is 5. The molecule has 0 radical (unpaired) electrons. The molecule has 0 unspecified atom stereocenters. The molecule has 2 heterocycles. The summed E-state index contributed by atoms with van der Waals surface area (Å²) >= 11 is 3.19. The molecule has 2 atom stereocenters. The summed E-state index contributed by atoms with van der Waals surface area (Å²) in [6.45, 7) is 10.0. The monoisotopic (exact) mass is 385 g/mol. The van der Waals surface area contributed by atoms with Gasteiger partial charge in [-0.1, -0.05) is 42.1 Å². The number of aryl methyl sites for hydroxylation is 3. The highest BCUT2D eigenvalue weighted by Gasteiger charge is 2.21. The molecule has 3 rings (SSSR count). The molecule has 0 aliphatic carbocycles. The van der Waals surface area contributed by atoms with Crippen molar-refractivity contribution in [2.75, 3.05) is 0 Å². The van der Waals surface area contributed by atoms with E-state index in [1.165, 1.54) is 22.2 Å². The Bertz CT molecular complexity index is 937. The number of thioether (sulfide) groups is 1. The summed E-state index contributed by atoms with van der Waals surface area (Å²) in [6.07, 6.45) is 0. The van der Waals surface area contributed by atoms with Gasteiger partial charge < -0.3 is 5.32 Å². The SMILES string of the molecule is Cc1nc(S[C@H](C)C(=O)N[C@H](C)c2ccccc2)c2c(C)c(C)sc2n1. The Hall–Kier alpha value is -1.92. The fraction of sp³-hybridized carbons (Fsp3) is 0.350. The van der Waals surface area contributed by atoms with Crippen LogP contribution in [-0.4, -0.2) is 21.1 Å². The molecule has 136 valence electrons. The second kappa shape index (κ2) is 7.76. The Morgan fingerprint density at radius 2 is 1.81 bits per heavy atom. The van der Waals surface area contributed by atoms with Gasteiger partial charge in [0.1, 0.15) is 15.7 Å².